The molecule has 0 amide bonds. The molecule has 0 bridgehead atoms. The van der Waals surface area contributed by atoms with Gasteiger partial charge in [0.1, 0.15) is 11.5 Å². The summed E-state index contributed by atoms with van der Waals surface area (Å²) < 4.78 is 5.77. The van der Waals surface area contributed by atoms with Crippen LogP contribution in [0.5, 0.6) is 11.5 Å². The summed E-state index contributed by atoms with van der Waals surface area (Å²) in [5.41, 5.74) is 3.08. The van der Waals surface area contributed by atoms with Gasteiger partial charge in [0.15, 0.2) is 0 Å². The maximum Gasteiger partial charge on any atom is 0.133 e. The highest BCUT2D eigenvalue weighted by Crippen LogP contribution is 2.28. The molecule has 0 aliphatic carbocycles. The number of rotatable bonds is 3. The lowest BCUT2D eigenvalue weighted by Crippen LogP contribution is -1.92. The highest BCUT2D eigenvalue weighted by atomic mass is 35.5. The predicted molar refractivity (Wildman–Crippen MR) is 73.4 cm³/mol. The van der Waals surface area contributed by atoms with E-state index in [1.807, 2.05) is 25.1 Å². The number of ether oxygens (including phenoxy) is 1. The first kappa shape index (κ1) is 12.9. The molecule has 0 aromatic heterocycles. The van der Waals surface area contributed by atoms with Crippen LogP contribution in [0.25, 0.3) is 0 Å². The van der Waals surface area contributed by atoms with Crippen LogP contribution < -0.4 is 4.74 Å². The average molecular weight is 263 g/mol. The summed E-state index contributed by atoms with van der Waals surface area (Å²) in [6.07, 6.45) is 0. The van der Waals surface area contributed by atoms with E-state index in [2.05, 4.69) is 6.92 Å². The molecule has 0 unspecified atom stereocenters. The van der Waals surface area contributed by atoms with E-state index in [9.17, 15) is 5.11 Å². The lowest BCUT2D eigenvalue weighted by atomic mass is 10.1. The number of benzene rings is 2. The maximum atomic E-state index is 9.28. The number of aliphatic hydroxyl groups excluding tert-OH is 1. The molecule has 94 valence electrons. The van der Waals surface area contributed by atoms with Crippen molar-refractivity contribution in [1.29, 1.82) is 0 Å². The van der Waals surface area contributed by atoms with Gasteiger partial charge < -0.3 is 9.84 Å². The lowest BCUT2D eigenvalue weighted by molar-refractivity contribution is 0.276. The molecule has 2 rings (SSSR count). The molecule has 1 N–H and O–H groups in total. The molecule has 3 heteroatoms. The average Bonchev–Trinajstić information content (AvgIpc) is 2.36. The molecule has 0 radical (unpaired) electrons. The molecule has 18 heavy (non-hydrogen) atoms. The Morgan fingerprint density at radius 1 is 1.06 bits per heavy atom. The summed E-state index contributed by atoms with van der Waals surface area (Å²) in [5, 5.41) is 9.87. The normalized spacial score (nSPS) is 10.4. The van der Waals surface area contributed by atoms with Gasteiger partial charge in [-0.15, -0.1) is 0 Å². The molecule has 0 aliphatic heterocycles. The van der Waals surface area contributed by atoms with Crippen molar-refractivity contribution in [1.82, 2.24) is 0 Å². The molecular weight excluding hydrogens is 248 g/mol. The summed E-state index contributed by atoms with van der Waals surface area (Å²) in [6, 6.07) is 11.1. The van der Waals surface area contributed by atoms with Crippen molar-refractivity contribution in [2.24, 2.45) is 0 Å². The minimum atomic E-state index is -0.0965. The van der Waals surface area contributed by atoms with Crippen LogP contribution in [0.4, 0.5) is 0 Å². The summed E-state index contributed by atoms with van der Waals surface area (Å²) in [7, 11) is 0. The van der Waals surface area contributed by atoms with Crippen molar-refractivity contribution >= 4 is 11.6 Å². The predicted octanol–water partition coefficient (Wildman–Crippen LogP) is 4.24. The third-order valence-electron chi connectivity index (χ3n) is 2.90. The first-order valence-electron chi connectivity index (χ1n) is 5.74. The minimum absolute atomic E-state index is 0.0965. The monoisotopic (exact) mass is 262 g/mol. The zero-order valence-electron chi connectivity index (χ0n) is 10.4. The van der Waals surface area contributed by atoms with Crippen LogP contribution in [0.15, 0.2) is 36.4 Å². The first-order valence-corrected chi connectivity index (χ1v) is 6.12. The maximum absolute atomic E-state index is 9.28. The van der Waals surface area contributed by atoms with E-state index in [0.29, 0.717) is 16.3 Å². The SMILES string of the molecule is Cc1ccc(Oc2ccc(Cl)cc2CO)cc1C. The molecule has 0 heterocycles. The fourth-order valence-electron chi connectivity index (χ4n) is 1.68. The quantitative estimate of drug-likeness (QED) is 0.896. The Bertz CT molecular complexity index is 564. The summed E-state index contributed by atoms with van der Waals surface area (Å²) >= 11 is 5.88. The van der Waals surface area contributed by atoms with Gasteiger partial charge >= 0.3 is 0 Å². The van der Waals surface area contributed by atoms with Gasteiger partial charge in [-0.05, 0) is 55.3 Å². The second-order valence-corrected chi connectivity index (χ2v) is 4.69. The van der Waals surface area contributed by atoms with E-state index >= 15 is 0 Å². The number of hydrogen-bond donors (Lipinski definition) is 1. The molecule has 0 saturated heterocycles. The smallest absolute Gasteiger partial charge is 0.133 e. The van der Waals surface area contributed by atoms with Crippen molar-refractivity contribution in [3.8, 4) is 11.5 Å². The molecule has 0 fully saturated rings. The van der Waals surface area contributed by atoms with E-state index < -0.39 is 0 Å². The highest BCUT2D eigenvalue weighted by Gasteiger charge is 2.06. The molecular formula is C15H15ClO2. The summed E-state index contributed by atoms with van der Waals surface area (Å²) in [6.45, 7) is 4.00. The number of halogens is 1. The Labute approximate surface area is 112 Å². The van der Waals surface area contributed by atoms with E-state index in [-0.39, 0.29) is 6.61 Å². The second kappa shape index (κ2) is 5.42. The van der Waals surface area contributed by atoms with E-state index in [0.717, 1.165) is 5.75 Å². The van der Waals surface area contributed by atoms with Crippen molar-refractivity contribution in [3.05, 3.63) is 58.1 Å². The van der Waals surface area contributed by atoms with Crippen LogP contribution in [0, 0.1) is 13.8 Å². The Morgan fingerprint density at radius 3 is 2.50 bits per heavy atom. The zero-order valence-corrected chi connectivity index (χ0v) is 11.2. The third-order valence-corrected chi connectivity index (χ3v) is 3.13. The van der Waals surface area contributed by atoms with Gasteiger partial charge in [-0.2, -0.15) is 0 Å². The molecule has 0 spiro atoms. The molecule has 0 atom stereocenters. The van der Waals surface area contributed by atoms with Gasteiger partial charge in [-0.1, -0.05) is 17.7 Å². The lowest BCUT2D eigenvalue weighted by Gasteiger charge is -2.11. The van der Waals surface area contributed by atoms with Gasteiger partial charge in [0.05, 0.1) is 6.61 Å². The van der Waals surface area contributed by atoms with Crippen molar-refractivity contribution in [2.45, 2.75) is 20.5 Å². The number of aliphatic hydroxyl groups is 1. The van der Waals surface area contributed by atoms with Crippen LogP contribution in [0.3, 0.4) is 0 Å². The zero-order chi connectivity index (χ0) is 13.1. The summed E-state index contributed by atoms with van der Waals surface area (Å²) in [4.78, 5) is 0. The van der Waals surface area contributed by atoms with Gasteiger partial charge in [0, 0.05) is 10.6 Å². The van der Waals surface area contributed by atoms with E-state index in [1.54, 1.807) is 18.2 Å². The van der Waals surface area contributed by atoms with Gasteiger partial charge in [0.2, 0.25) is 0 Å². The van der Waals surface area contributed by atoms with E-state index in [1.165, 1.54) is 11.1 Å². The molecule has 2 aromatic rings. The Morgan fingerprint density at radius 2 is 1.83 bits per heavy atom. The Balaban J connectivity index is 2.30. The van der Waals surface area contributed by atoms with Gasteiger partial charge in [0.25, 0.3) is 0 Å². The highest BCUT2D eigenvalue weighted by molar-refractivity contribution is 6.30. The van der Waals surface area contributed by atoms with Crippen LogP contribution in [0.2, 0.25) is 5.02 Å². The van der Waals surface area contributed by atoms with Crippen LogP contribution in [0.1, 0.15) is 16.7 Å². The van der Waals surface area contributed by atoms with Crippen molar-refractivity contribution in [2.75, 3.05) is 0 Å². The summed E-state index contributed by atoms with van der Waals surface area (Å²) in [5.74, 6) is 1.39. The van der Waals surface area contributed by atoms with E-state index in [4.69, 9.17) is 16.3 Å². The third kappa shape index (κ3) is 2.84. The Kier molecular flexibility index (Phi) is 3.90. The van der Waals surface area contributed by atoms with Crippen molar-refractivity contribution < 1.29 is 9.84 Å². The van der Waals surface area contributed by atoms with Crippen molar-refractivity contribution in [3.63, 3.8) is 0 Å². The Hall–Kier alpha value is -1.51. The molecule has 0 aliphatic rings. The standard InChI is InChI=1S/C15H15ClO2/c1-10-3-5-14(7-11(10)2)18-15-6-4-13(16)8-12(15)9-17/h3-8,17H,9H2,1-2H3. The molecule has 0 saturated carbocycles. The topological polar surface area (TPSA) is 29.5 Å². The number of aryl methyl sites for hydroxylation is 2. The van der Waals surface area contributed by atoms with Crippen LogP contribution in [-0.4, -0.2) is 5.11 Å². The first-order chi connectivity index (χ1) is 8.60. The largest absolute Gasteiger partial charge is 0.457 e. The van der Waals surface area contributed by atoms with Crippen LogP contribution >= 0.6 is 11.6 Å². The minimum Gasteiger partial charge on any atom is -0.457 e. The molecule has 2 nitrogen and oxygen atoms in total. The van der Waals surface area contributed by atoms with Crippen LogP contribution in [-0.2, 0) is 6.61 Å². The van der Waals surface area contributed by atoms with Gasteiger partial charge in [-0.25, -0.2) is 0 Å². The fourth-order valence-corrected chi connectivity index (χ4v) is 1.87. The van der Waals surface area contributed by atoms with Gasteiger partial charge in [-0.3, -0.25) is 0 Å². The second-order valence-electron chi connectivity index (χ2n) is 4.26. The molecule has 2 aromatic carbocycles. The number of hydrogen-bond acceptors (Lipinski definition) is 2. The fraction of sp³-hybridized carbons (Fsp3) is 0.200.